The molecule has 0 bridgehead atoms. The fraction of sp³-hybridized carbons (Fsp3) is 0.300. The number of aliphatic hydroxyl groups is 2. The van der Waals surface area contributed by atoms with Gasteiger partial charge in [-0.05, 0) is 12.1 Å². The van der Waals surface area contributed by atoms with Crippen LogP contribution in [-0.4, -0.2) is 44.3 Å². The van der Waals surface area contributed by atoms with Gasteiger partial charge in [0.25, 0.3) is 5.72 Å². The monoisotopic (exact) mass is 271 g/mol. The van der Waals surface area contributed by atoms with Crippen LogP contribution in [0.1, 0.15) is 11.6 Å². The minimum atomic E-state index is -2.37. The summed E-state index contributed by atoms with van der Waals surface area (Å²) in [7, 11) is 0. The molecule has 1 aliphatic heterocycles. The summed E-state index contributed by atoms with van der Waals surface area (Å²) in [5.74, 6) is -2.67. The normalized spacial score (nSPS) is 26.6. The molecule has 8 heteroatoms. The molecule has 18 heavy (non-hydrogen) atoms. The van der Waals surface area contributed by atoms with Gasteiger partial charge in [0.15, 0.2) is 0 Å². The molecule has 7 nitrogen and oxygen atoms in total. The second-order valence-electron chi connectivity index (χ2n) is 3.75. The molecule has 0 aliphatic carbocycles. The molecule has 0 radical (unpaired) electrons. The number of carboxylic acid groups (broad SMARTS) is 1. The van der Waals surface area contributed by atoms with E-state index in [1.807, 2.05) is 0 Å². The summed E-state index contributed by atoms with van der Waals surface area (Å²) in [5.41, 5.74) is -0.0738. The number of carbonyl (C=O) groups is 1. The fourth-order valence-corrected chi connectivity index (χ4v) is 2.02. The Bertz CT molecular complexity index is 522. The third-order valence-electron chi connectivity index (χ3n) is 2.67. The molecule has 2 rings (SSSR count). The summed E-state index contributed by atoms with van der Waals surface area (Å²) >= 11 is 5.93. The molecule has 96 valence electrons. The van der Waals surface area contributed by atoms with Gasteiger partial charge in [-0.15, -0.1) is 0 Å². The predicted octanol–water partition coefficient (Wildman–Crippen LogP) is -0.457. The first-order valence-electron chi connectivity index (χ1n) is 5.01. The molecule has 1 aromatic rings. The van der Waals surface area contributed by atoms with E-state index in [2.05, 4.69) is 15.5 Å². The van der Waals surface area contributed by atoms with Gasteiger partial charge in [-0.2, -0.15) is 5.10 Å². The van der Waals surface area contributed by atoms with Crippen molar-refractivity contribution in [3.05, 3.63) is 29.0 Å². The molecule has 2 atom stereocenters. The number of hydrogen-bond acceptors (Lipinski definition) is 6. The van der Waals surface area contributed by atoms with E-state index in [0.717, 1.165) is 0 Å². The first-order chi connectivity index (χ1) is 8.50. The van der Waals surface area contributed by atoms with Crippen molar-refractivity contribution in [3.8, 4) is 0 Å². The second-order valence-corrected chi connectivity index (χ2v) is 4.16. The van der Waals surface area contributed by atoms with Crippen LogP contribution >= 0.6 is 11.6 Å². The highest BCUT2D eigenvalue weighted by Gasteiger charge is 2.53. The molecule has 0 spiro atoms. The van der Waals surface area contributed by atoms with Gasteiger partial charge in [0.1, 0.15) is 5.92 Å². The molecular formula is C10H10ClN3O4. The highest BCUT2D eigenvalue weighted by molar-refractivity contribution is 6.31. The van der Waals surface area contributed by atoms with Crippen molar-refractivity contribution in [2.24, 2.45) is 5.10 Å². The number of rotatable bonds is 3. The molecule has 0 saturated carbocycles. The molecule has 2 heterocycles. The number of halogens is 1. The lowest BCUT2D eigenvalue weighted by Gasteiger charge is -2.25. The summed E-state index contributed by atoms with van der Waals surface area (Å²) in [6, 6.07) is 3.09. The summed E-state index contributed by atoms with van der Waals surface area (Å²) in [6.45, 7) is -0.514. The van der Waals surface area contributed by atoms with Crippen LogP contribution in [0.2, 0.25) is 5.02 Å². The molecule has 2 unspecified atom stereocenters. The van der Waals surface area contributed by atoms with Crippen LogP contribution in [0.25, 0.3) is 0 Å². The topological polar surface area (TPSA) is 115 Å². The van der Waals surface area contributed by atoms with E-state index in [0.29, 0.717) is 0 Å². The van der Waals surface area contributed by atoms with Gasteiger partial charge in [-0.3, -0.25) is 10.4 Å². The Morgan fingerprint density at radius 2 is 2.33 bits per heavy atom. The number of nitrogens with one attached hydrogen (secondary N) is 1. The lowest BCUT2D eigenvalue weighted by atomic mass is 9.89. The number of pyridine rings is 1. The van der Waals surface area contributed by atoms with Gasteiger partial charge in [0.2, 0.25) is 0 Å². The van der Waals surface area contributed by atoms with E-state index in [1.165, 1.54) is 12.3 Å². The summed E-state index contributed by atoms with van der Waals surface area (Å²) in [5, 5.41) is 32.1. The van der Waals surface area contributed by atoms with Crippen LogP contribution in [0.4, 0.5) is 0 Å². The van der Waals surface area contributed by atoms with E-state index in [4.69, 9.17) is 21.8 Å². The van der Waals surface area contributed by atoms with E-state index >= 15 is 0 Å². The Morgan fingerprint density at radius 3 is 2.89 bits per heavy atom. The van der Waals surface area contributed by atoms with Gasteiger partial charge in [-0.25, -0.2) is 4.79 Å². The molecule has 0 saturated heterocycles. The number of carboxylic acids is 1. The number of hydrogen-bond donors (Lipinski definition) is 4. The average molecular weight is 272 g/mol. The zero-order valence-electron chi connectivity index (χ0n) is 9.04. The van der Waals surface area contributed by atoms with Crippen molar-refractivity contribution in [2.45, 2.75) is 11.6 Å². The highest BCUT2D eigenvalue weighted by atomic mass is 35.5. The first-order valence-corrected chi connectivity index (χ1v) is 5.39. The minimum Gasteiger partial charge on any atom is -0.478 e. The van der Waals surface area contributed by atoms with Crippen LogP contribution in [0, 0.1) is 0 Å². The molecular weight excluding hydrogens is 262 g/mol. The van der Waals surface area contributed by atoms with Gasteiger partial charge in [-0.1, -0.05) is 11.6 Å². The second kappa shape index (κ2) is 4.52. The lowest BCUT2D eigenvalue weighted by molar-refractivity contribution is -0.162. The van der Waals surface area contributed by atoms with E-state index in [1.54, 1.807) is 6.07 Å². The molecule has 1 aliphatic rings. The Labute approximate surface area is 107 Å². The number of aliphatic hydroxyl groups excluding tert-OH is 1. The van der Waals surface area contributed by atoms with E-state index in [9.17, 15) is 9.90 Å². The van der Waals surface area contributed by atoms with E-state index < -0.39 is 24.2 Å². The number of nitrogens with zero attached hydrogens (tertiary/aromatic N) is 2. The maximum atomic E-state index is 11.1. The van der Waals surface area contributed by atoms with Crippen molar-refractivity contribution < 1.29 is 20.1 Å². The smallest absolute Gasteiger partial charge is 0.359 e. The standard InChI is InChI=1S/C10H10ClN3O4/c11-5-2-1-3-12-8(5)7-6(4-15)13-14-10(7,18)9(16)17/h1-3,7,14-15,18H,4H2,(H,16,17). The van der Waals surface area contributed by atoms with Crippen molar-refractivity contribution in [3.63, 3.8) is 0 Å². The number of hydrazone groups is 1. The third-order valence-corrected chi connectivity index (χ3v) is 2.99. The van der Waals surface area contributed by atoms with Gasteiger partial charge < -0.3 is 15.3 Å². The van der Waals surface area contributed by atoms with E-state index in [-0.39, 0.29) is 16.4 Å². The zero-order valence-corrected chi connectivity index (χ0v) is 9.79. The van der Waals surface area contributed by atoms with Gasteiger partial charge >= 0.3 is 5.97 Å². The molecule has 1 aromatic heterocycles. The quantitative estimate of drug-likeness (QED) is 0.591. The fourth-order valence-electron chi connectivity index (χ4n) is 1.79. The van der Waals surface area contributed by atoms with Crippen LogP contribution in [-0.2, 0) is 4.79 Å². The highest BCUT2D eigenvalue weighted by Crippen LogP contribution is 2.34. The van der Waals surface area contributed by atoms with Crippen molar-refractivity contribution in [1.29, 1.82) is 0 Å². The predicted molar refractivity (Wildman–Crippen MR) is 62.2 cm³/mol. The Balaban J connectivity index is 2.53. The van der Waals surface area contributed by atoms with Gasteiger partial charge in [0.05, 0.1) is 23.0 Å². The van der Waals surface area contributed by atoms with Crippen molar-refractivity contribution >= 4 is 23.3 Å². The van der Waals surface area contributed by atoms with Crippen LogP contribution in [0.15, 0.2) is 23.4 Å². The maximum Gasteiger partial charge on any atom is 0.359 e. The molecule has 0 fully saturated rings. The Hall–Kier alpha value is -1.70. The maximum absolute atomic E-state index is 11.1. The summed E-state index contributed by atoms with van der Waals surface area (Å²) in [4.78, 5) is 15.1. The molecule has 0 aromatic carbocycles. The van der Waals surface area contributed by atoms with Crippen LogP contribution in [0.3, 0.4) is 0 Å². The summed E-state index contributed by atoms with van der Waals surface area (Å²) in [6.07, 6.45) is 1.41. The number of aliphatic carboxylic acids is 1. The Morgan fingerprint density at radius 1 is 1.61 bits per heavy atom. The van der Waals surface area contributed by atoms with Crippen LogP contribution < -0.4 is 5.43 Å². The van der Waals surface area contributed by atoms with Crippen molar-refractivity contribution in [2.75, 3.05) is 6.61 Å². The first kappa shape index (κ1) is 12.7. The molecule has 4 N–H and O–H groups in total. The Kier molecular flexibility index (Phi) is 3.20. The third kappa shape index (κ3) is 1.82. The largest absolute Gasteiger partial charge is 0.478 e. The van der Waals surface area contributed by atoms with Crippen molar-refractivity contribution in [1.82, 2.24) is 10.4 Å². The van der Waals surface area contributed by atoms with Crippen LogP contribution in [0.5, 0.6) is 0 Å². The molecule has 0 amide bonds. The average Bonchev–Trinajstić information content (AvgIpc) is 2.69. The summed E-state index contributed by atoms with van der Waals surface area (Å²) < 4.78 is 0. The zero-order chi connectivity index (χ0) is 13.3. The lowest BCUT2D eigenvalue weighted by Crippen LogP contribution is -2.52. The number of aromatic nitrogens is 1. The minimum absolute atomic E-state index is 0.0560. The van der Waals surface area contributed by atoms with Gasteiger partial charge in [0, 0.05) is 6.20 Å². The SMILES string of the molecule is O=C(O)C1(O)NN=C(CO)C1c1ncccc1Cl.